The lowest BCUT2D eigenvalue weighted by Gasteiger charge is -2.03. The molecule has 3 aromatic rings. The average Bonchev–Trinajstić information content (AvgIpc) is 3.04. The fourth-order valence-electron chi connectivity index (χ4n) is 2.03. The van der Waals surface area contributed by atoms with E-state index in [1.165, 1.54) is 24.7 Å². The molecule has 0 unspecified atom stereocenters. The number of pyridine rings is 1. The van der Waals surface area contributed by atoms with Gasteiger partial charge in [0.2, 0.25) is 10.0 Å². The molecule has 0 radical (unpaired) electrons. The molecule has 3 aromatic heterocycles. The summed E-state index contributed by atoms with van der Waals surface area (Å²) in [5.74, 6) is 0. The summed E-state index contributed by atoms with van der Waals surface area (Å²) in [6.07, 6.45) is 6.42. The molecule has 9 heteroatoms. The van der Waals surface area contributed by atoms with E-state index in [1.807, 2.05) is 0 Å². The molecular formula is C12H10F2N4O2S. The van der Waals surface area contributed by atoms with Gasteiger partial charge in [0.25, 0.3) is 0 Å². The standard InChI is InChI=1S/C12H10F2N4O2S/c1-21(19,20)18-3-2-8-5-15-10(4-11(8)18)9-6-16-17(7-9)12(13)14/h2-7,12H,1H3. The zero-order valence-electron chi connectivity index (χ0n) is 10.8. The van der Waals surface area contributed by atoms with Crippen LogP contribution in [-0.2, 0) is 10.0 Å². The van der Waals surface area contributed by atoms with Gasteiger partial charge in [-0.1, -0.05) is 0 Å². The lowest BCUT2D eigenvalue weighted by atomic mass is 10.2. The van der Waals surface area contributed by atoms with E-state index in [1.54, 1.807) is 6.07 Å². The van der Waals surface area contributed by atoms with Gasteiger partial charge in [-0.15, -0.1) is 0 Å². The molecule has 0 amide bonds. The van der Waals surface area contributed by atoms with Crippen molar-refractivity contribution < 1.29 is 17.2 Å². The van der Waals surface area contributed by atoms with Gasteiger partial charge in [-0.2, -0.15) is 13.9 Å². The first kappa shape index (κ1) is 13.7. The number of aromatic nitrogens is 4. The molecule has 3 rings (SSSR count). The Balaban J connectivity index is 2.15. The van der Waals surface area contributed by atoms with Crippen LogP contribution < -0.4 is 0 Å². The Kier molecular flexibility index (Phi) is 3.01. The molecule has 0 fully saturated rings. The Labute approximate surface area is 118 Å². The second-order valence-corrected chi connectivity index (χ2v) is 6.35. The summed E-state index contributed by atoms with van der Waals surface area (Å²) in [6.45, 7) is -2.73. The highest BCUT2D eigenvalue weighted by Gasteiger charge is 2.13. The number of rotatable bonds is 3. The van der Waals surface area contributed by atoms with Crippen LogP contribution in [0.25, 0.3) is 22.2 Å². The number of halogens is 2. The molecule has 0 atom stereocenters. The van der Waals surface area contributed by atoms with Crippen LogP contribution in [0, 0.1) is 0 Å². The van der Waals surface area contributed by atoms with Crippen LogP contribution >= 0.6 is 0 Å². The number of alkyl halides is 2. The average molecular weight is 312 g/mol. The minimum absolute atomic E-state index is 0.373. The van der Waals surface area contributed by atoms with Crippen LogP contribution in [0.4, 0.5) is 8.78 Å². The monoisotopic (exact) mass is 312 g/mol. The normalized spacial score (nSPS) is 12.4. The molecule has 21 heavy (non-hydrogen) atoms. The molecule has 0 aliphatic carbocycles. The third-order valence-corrected chi connectivity index (χ3v) is 4.03. The van der Waals surface area contributed by atoms with Crippen molar-refractivity contribution in [3.8, 4) is 11.3 Å². The maximum Gasteiger partial charge on any atom is 0.333 e. The first-order valence-electron chi connectivity index (χ1n) is 5.86. The van der Waals surface area contributed by atoms with E-state index in [4.69, 9.17) is 0 Å². The molecule has 0 aliphatic rings. The fraction of sp³-hybridized carbons (Fsp3) is 0.167. The van der Waals surface area contributed by atoms with Crippen LogP contribution in [-0.4, -0.2) is 33.4 Å². The summed E-state index contributed by atoms with van der Waals surface area (Å²) in [5.41, 5.74) is 1.20. The number of hydrogen-bond donors (Lipinski definition) is 0. The Bertz CT molecular complexity index is 914. The van der Waals surface area contributed by atoms with E-state index in [0.29, 0.717) is 26.8 Å². The summed E-state index contributed by atoms with van der Waals surface area (Å²) in [7, 11) is -3.45. The van der Waals surface area contributed by atoms with Crippen LogP contribution in [0.5, 0.6) is 0 Å². The molecule has 0 bridgehead atoms. The Morgan fingerprint density at radius 1 is 1.29 bits per heavy atom. The Morgan fingerprint density at radius 2 is 2.05 bits per heavy atom. The highest BCUT2D eigenvalue weighted by molar-refractivity contribution is 7.89. The minimum Gasteiger partial charge on any atom is -0.255 e. The lowest BCUT2D eigenvalue weighted by molar-refractivity contribution is 0.0566. The van der Waals surface area contributed by atoms with E-state index in [-0.39, 0.29) is 0 Å². The smallest absolute Gasteiger partial charge is 0.255 e. The van der Waals surface area contributed by atoms with Gasteiger partial charge in [0, 0.05) is 29.5 Å². The number of nitrogens with zero attached hydrogens (tertiary/aromatic N) is 4. The van der Waals surface area contributed by atoms with Crippen LogP contribution in [0.15, 0.2) is 36.9 Å². The molecule has 110 valence electrons. The molecule has 0 saturated carbocycles. The molecule has 6 nitrogen and oxygen atoms in total. The van der Waals surface area contributed by atoms with Crippen LogP contribution in [0.1, 0.15) is 6.55 Å². The quantitative estimate of drug-likeness (QED) is 0.742. The van der Waals surface area contributed by atoms with Crippen LogP contribution in [0.2, 0.25) is 0 Å². The first-order chi connectivity index (χ1) is 9.86. The molecule has 0 spiro atoms. The fourth-order valence-corrected chi connectivity index (χ4v) is 2.82. The van der Waals surface area contributed by atoms with Gasteiger partial charge in [0.15, 0.2) is 0 Å². The number of hydrogen-bond acceptors (Lipinski definition) is 4. The minimum atomic E-state index is -3.45. The summed E-state index contributed by atoms with van der Waals surface area (Å²) < 4.78 is 50.0. The van der Waals surface area contributed by atoms with E-state index in [9.17, 15) is 17.2 Å². The molecular weight excluding hydrogens is 302 g/mol. The van der Waals surface area contributed by atoms with E-state index < -0.39 is 16.6 Å². The number of fused-ring (bicyclic) bond motifs is 1. The van der Waals surface area contributed by atoms with Crippen molar-refractivity contribution in [2.75, 3.05) is 6.26 Å². The Morgan fingerprint density at radius 3 is 2.67 bits per heavy atom. The summed E-state index contributed by atoms with van der Waals surface area (Å²) in [4.78, 5) is 4.14. The third-order valence-electron chi connectivity index (χ3n) is 2.99. The first-order valence-corrected chi connectivity index (χ1v) is 7.71. The van der Waals surface area contributed by atoms with Gasteiger partial charge in [0.1, 0.15) is 0 Å². The van der Waals surface area contributed by atoms with Gasteiger partial charge < -0.3 is 0 Å². The molecule has 3 heterocycles. The molecule has 0 saturated heterocycles. The third kappa shape index (κ3) is 2.40. The maximum absolute atomic E-state index is 12.5. The molecule has 0 aromatic carbocycles. The van der Waals surface area contributed by atoms with E-state index >= 15 is 0 Å². The van der Waals surface area contributed by atoms with Crippen molar-refractivity contribution in [3.05, 3.63) is 36.9 Å². The zero-order valence-corrected chi connectivity index (χ0v) is 11.6. The summed E-state index contributed by atoms with van der Waals surface area (Å²) >= 11 is 0. The maximum atomic E-state index is 12.5. The second kappa shape index (κ2) is 4.62. The Hall–Kier alpha value is -2.29. The van der Waals surface area contributed by atoms with Gasteiger partial charge in [-0.05, 0) is 12.1 Å². The highest BCUT2D eigenvalue weighted by atomic mass is 32.2. The van der Waals surface area contributed by atoms with E-state index in [0.717, 1.165) is 16.4 Å². The van der Waals surface area contributed by atoms with Gasteiger partial charge >= 0.3 is 6.55 Å². The van der Waals surface area contributed by atoms with Crippen molar-refractivity contribution >= 4 is 20.9 Å². The van der Waals surface area contributed by atoms with E-state index in [2.05, 4.69) is 10.1 Å². The van der Waals surface area contributed by atoms with Crippen molar-refractivity contribution in [2.45, 2.75) is 6.55 Å². The predicted molar refractivity (Wildman–Crippen MR) is 72.4 cm³/mol. The van der Waals surface area contributed by atoms with Gasteiger partial charge in [-0.3, -0.25) is 4.98 Å². The highest BCUT2D eigenvalue weighted by Crippen LogP contribution is 2.24. The van der Waals surface area contributed by atoms with Gasteiger partial charge in [0.05, 0.1) is 23.7 Å². The van der Waals surface area contributed by atoms with Crippen molar-refractivity contribution in [2.24, 2.45) is 0 Å². The largest absolute Gasteiger partial charge is 0.333 e. The molecule has 0 N–H and O–H groups in total. The lowest BCUT2D eigenvalue weighted by Crippen LogP contribution is -2.08. The van der Waals surface area contributed by atoms with Crippen molar-refractivity contribution in [1.82, 2.24) is 18.7 Å². The zero-order chi connectivity index (χ0) is 15.2. The van der Waals surface area contributed by atoms with Crippen molar-refractivity contribution in [1.29, 1.82) is 0 Å². The predicted octanol–water partition coefficient (Wildman–Crippen LogP) is 2.10. The summed E-state index contributed by atoms with van der Waals surface area (Å²) in [5, 5.41) is 4.18. The topological polar surface area (TPSA) is 69.8 Å². The summed E-state index contributed by atoms with van der Waals surface area (Å²) in [6, 6.07) is 3.15. The second-order valence-electron chi connectivity index (χ2n) is 4.49. The van der Waals surface area contributed by atoms with Gasteiger partial charge in [-0.25, -0.2) is 17.1 Å². The molecule has 0 aliphatic heterocycles. The SMILES string of the molecule is CS(=O)(=O)n1ccc2cnc(-c3cnn(C(F)F)c3)cc21. The van der Waals surface area contributed by atoms with Crippen molar-refractivity contribution in [3.63, 3.8) is 0 Å². The van der Waals surface area contributed by atoms with Crippen LogP contribution in [0.3, 0.4) is 0 Å².